The largest absolute Gasteiger partial charge is 0.491 e. The molecule has 1 aromatic carbocycles. The van der Waals surface area contributed by atoms with Crippen LogP contribution in [0.2, 0.25) is 0 Å². The van der Waals surface area contributed by atoms with E-state index in [0.717, 1.165) is 12.1 Å². The number of likely N-dealkylation sites (N-methyl/N-ethyl adjacent to an activating group) is 1. The number of carbonyl (C=O) groups excluding carboxylic acids is 1. The molecule has 5 nitrogen and oxygen atoms in total. The van der Waals surface area contributed by atoms with Gasteiger partial charge in [0.15, 0.2) is 0 Å². The summed E-state index contributed by atoms with van der Waals surface area (Å²) in [5.41, 5.74) is 0.360. The van der Waals surface area contributed by atoms with E-state index < -0.39 is 6.10 Å². The van der Waals surface area contributed by atoms with E-state index in [4.69, 9.17) is 4.74 Å². The van der Waals surface area contributed by atoms with Gasteiger partial charge in [0, 0.05) is 17.6 Å². The van der Waals surface area contributed by atoms with Crippen molar-refractivity contribution in [3.63, 3.8) is 0 Å². The molecule has 0 saturated carbocycles. The maximum absolute atomic E-state index is 12.1. The number of benzene rings is 1. The molecule has 0 aromatic heterocycles. The number of rotatable bonds is 8. The van der Waals surface area contributed by atoms with Crippen LogP contribution < -0.4 is 10.1 Å². The van der Waals surface area contributed by atoms with Crippen molar-refractivity contribution in [2.45, 2.75) is 33.3 Å². The summed E-state index contributed by atoms with van der Waals surface area (Å²) in [6, 6.07) is 7.18. The molecule has 0 aliphatic heterocycles. The standard InChI is InChI=1S/C17H28N2O3/c1-6-17(2,3)16(21)18-13-7-9-15(10-8-13)22-12-14(20)11-19(4)5/h7-10,14,20H,6,11-12H2,1-5H3,(H,18,21). The first kappa shape index (κ1) is 18.5. The molecule has 1 rings (SSSR count). The topological polar surface area (TPSA) is 61.8 Å². The highest BCUT2D eigenvalue weighted by Crippen LogP contribution is 2.23. The molecule has 1 atom stereocenters. The Morgan fingerprint density at radius 2 is 1.91 bits per heavy atom. The minimum absolute atomic E-state index is 0.00470. The highest BCUT2D eigenvalue weighted by Gasteiger charge is 2.25. The highest BCUT2D eigenvalue weighted by molar-refractivity contribution is 5.94. The third-order valence-electron chi connectivity index (χ3n) is 3.63. The molecule has 1 aromatic rings. The molecule has 1 amide bonds. The second kappa shape index (κ2) is 8.15. The van der Waals surface area contributed by atoms with Crippen LogP contribution in [0.25, 0.3) is 0 Å². The number of nitrogens with zero attached hydrogens (tertiary/aromatic N) is 1. The molecule has 22 heavy (non-hydrogen) atoms. The Bertz CT molecular complexity index is 469. The smallest absolute Gasteiger partial charge is 0.230 e. The average molecular weight is 308 g/mol. The third-order valence-corrected chi connectivity index (χ3v) is 3.63. The van der Waals surface area contributed by atoms with E-state index in [-0.39, 0.29) is 17.9 Å². The number of anilines is 1. The lowest BCUT2D eigenvalue weighted by molar-refractivity contribution is -0.124. The van der Waals surface area contributed by atoms with Crippen molar-refractivity contribution in [3.8, 4) is 5.75 Å². The number of hydrogen-bond donors (Lipinski definition) is 2. The zero-order valence-electron chi connectivity index (χ0n) is 14.2. The normalized spacial score (nSPS) is 13.0. The van der Waals surface area contributed by atoms with Gasteiger partial charge in [0.05, 0.1) is 0 Å². The lowest BCUT2D eigenvalue weighted by atomic mass is 9.89. The molecule has 0 fully saturated rings. The Labute approximate surface area is 133 Å². The Morgan fingerprint density at radius 3 is 2.41 bits per heavy atom. The lowest BCUT2D eigenvalue weighted by Gasteiger charge is -2.21. The summed E-state index contributed by atoms with van der Waals surface area (Å²) in [5.74, 6) is 0.677. The monoisotopic (exact) mass is 308 g/mol. The van der Waals surface area contributed by atoms with Crippen LogP contribution in [0.4, 0.5) is 5.69 Å². The van der Waals surface area contributed by atoms with Crippen LogP contribution in [0.15, 0.2) is 24.3 Å². The predicted octanol–water partition coefficient (Wildman–Crippen LogP) is 2.36. The fraction of sp³-hybridized carbons (Fsp3) is 0.588. The summed E-state index contributed by atoms with van der Waals surface area (Å²) < 4.78 is 5.53. The van der Waals surface area contributed by atoms with Gasteiger partial charge in [-0.1, -0.05) is 20.8 Å². The van der Waals surface area contributed by atoms with E-state index >= 15 is 0 Å². The van der Waals surface area contributed by atoms with Gasteiger partial charge in [-0.15, -0.1) is 0 Å². The summed E-state index contributed by atoms with van der Waals surface area (Å²) >= 11 is 0. The Hall–Kier alpha value is -1.59. The number of aliphatic hydroxyl groups excluding tert-OH is 1. The minimum atomic E-state index is -0.528. The number of aliphatic hydroxyl groups is 1. The van der Waals surface area contributed by atoms with Crippen LogP contribution >= 0.6 is 0 Å². The first-order valence-corrected chi connectivity index (χ1v) is 7.61. The van der Waals surface area contributed by atoms with Crippen LogP contribution in [0.3, 0.4) is 0 Å². The van der Waals surface area contributed by atoms with Crippen molar-refractivity contribution >= 4 is 11.6 Å². The van der Waals surface area contributed by atoms with E-state index in [0.29, 0.717) is 12.3 Å². The molecule has 0 aliphatic carbocycles. The summed E-state index contributed by atoms with van der Waals surface area (Å²) in [5, 5.41) is 12.6. The first-order valence-electron chi connectivity index (χ1n) is 7.61. The van der Waals surface area contributed by atoms with Gasteiger partial charge in [0.25, 0.3) is 0 Å². The molecule has 0 saturated heterocycles. The van der Waals surface area contributed by atoms with Crippen LogP contribution in [0, 0.1) is 5.41 Å². The summed E-state index contributed by atoms with van der Waals surface area (Å²) in [4.78, 5) is 14.0. The Balaban J connectivity index is 2.51. The van der Waals surface area contributed by atoms with Gasteiger partial charge in [-0.2, -0.15) is 0 Å². The molecule has 0 heterocycles. The van der Waals surface area contributed by atoms with E-state index in [2.05, 4.69) is 5.32 Å². The van der Waals surface area contributed by atoms with Gasteiger partial charge in [-0.3, -0.25) is 4.79 Å². The first-order chi connectivity index (χ1) is 10.2. The van der Waals surface area contributed by atoms with E-state index in [1.165, 1.54) is 0 Å². The van der Waals surface area contributed by atoms with Crippen LogP contribution in [0.1, 0.15) is 27.2 Å². The van der Waals surface area contributed by atoms with Crippen LogP contribution in [-0.2, 0) is 4.79 Å². The van der Waals surface area contributed by atoms with Gasteiger partial charge >= 0.3 is 0 Å². The molecular weight excluding hydrogens is 280 g/mol. The molecule has 0 bridgehead atoms. The molecule has 124 valence electrons. The van der Waals surface area contributed by atoms with Crippen molar-refractivity contribution in [2.75, 3.05) is 32.6 Å². The molecule has 0 radical (unpaired) electrons. The average Bonchev–Trinajstić information content (AvgIpc) is 2.45. The Kier molecular flexibility index (Phi) is 6.84. The fourth-order valence-electron chi connectivity index (χ4n) is 1.76. The van der Waals surface area contributed by atoms with Crippen molar-refractivity contribution in [3.05, 3.63) is 24.3 Å². The molecule has 0 aliphatic rings. The van der Waals surface area contributed by atoms with Crippen LogP contribution in [0.5, 0.6) is 5.75 Å². The number of hydrogen-bond acceptors (Lipinski definition) is 4. The zero-order chi connectivity index (χ0) is 16.8. The van der Waals surface area contributed by atoms with E-state index in [1.54, 1.807) is 24.3 Å². The summed E-state index contributed by atoms with van der Waals surface area (Å²) in [7, 11) is 3.80. The van der Waals surface area contributed by atoms with Gasteiger partial charge in [0.2, 0.25) is 5.91 Å². The van der Waals surface area contributed by atoms with Gasteiger partial charge < -0.3 is 20.1 Å². The SMILES string of the molecule is CCC(C)(C)C(=O)Nc1ccc(OCC(O)CN(C)C)cc1. The van der Waals surface area contributed by atoms with Crippen molar-refractivity contribution in [2.24, 2.45) is 5.41 Å². The third kappa shape index (κ3) is 6.03. The van der Waals surface area contributed by atoms with E-state index in [1.807, 2.05) is 39.8 Å². The van der Waals surface area contributed by atoms with Gasteiger partial charge in [0.1, 0.15) is 18.5 Å². The van der Waals surface area contributed by atoms with Crippen LogP contribution in [-0.4, -0.2) is 49.3 Å². The maximum atomic E-state index is 12.1. The number of ether oxygens (including phenoxy) is 1. The molecule has 1 unspecified atom stereocenters. The Morgan fingerprint density at radius 1 is 1.32 bits per heavy atom. The second-order valence-electron chi connectivity index (χ2n) is 6.44. The molecule has 0 spiro atoms. The summed E-state index contributed by atoms with van der Waals surface area (Å²) in [6.45, 7) is 6.64. The molecule has 5 heteroatoms. The van der Waals surface area contributed by atoms with E-state index in [9.17, 15) is 9.90 Å². The predicted molar refractivity (Wildman–Crippen MR) is 89.2 cm³/mol. The second-order valence-corrected chi connectivity index (χ2v) is 6.44. The number of carbonyl (C=O) groups is 1. The minimum Gasteiger partial charge on any atom is -0.491 e. The molecule has 2 N–H and O–H groups in total. The number of nitrogens with one attached hydrogen (secondary N) is 1. The number of amides is 1. The van der Waals surface area contributed by atoms with Gasteiger partial charge in [-0.05, 0) is 44.8 Å². The maximum Gasteiger partial charge on any atom is 0.230 e. The van der Waals surface area contributed by atoms with Crippen molar-refractivity contribution < 1.29 is 14.6 Å². The van der Waals surface area contributed by atoms with Crippen molar-refractivity contribution in [1.82, 2.24) is 4.90 Å². The highest BCUT2D eigenvalue weighted by atomic mass is 16.5. The quantitative estimate of drug-likeness (QED) is 0.774. The van der Waals surface area contributed by atoms with Gasteiger partial charge in [-0.25, -0.2) is 0 Å². The molecular formula is C17H28N2O3. The lowest BCUT2D eigenvalue weighted by Crippen LogP contribution is -2.30. The fourth-order valence-corrected chi connectivity index (χ4v) is 1.76. The summed E-state index contributed by atoms with van der Waals surface area (Å²) in [6.07, 6.45) is 0.254. The van der Waals surface area contributed by atoms with Crippen molar-refractivity contribution in [1.29, 1.82) is 0 Å². The zero-order valence-corrected chi connectivity index (χ0v) is 14.2.